The molecule has 0 bridgehead atoms. The van der Waals surface area contributed by atoms with Crippen LogP contribution in [-0.2, 0) is 4.79 Å². The Morgan fingerprint density at radius 2 is 2.20 bits per heavy atom. The molecule has 7 nitrogen and oxygen atoms in total. The van der Waals surface area contributed by atoms with Gasteiger partial charge in [0.2, 0.25) is 5.75 Å². The number of carboxylic acids is 1. The standard InChI is InChI=1S/C13H19N3O4/c1-8-3-5-13(6-4-8,12(18)19)16-10-9(20-2)11(17)15-7-14-10/h7-8H,3-6H2,1-2H3,(H,18,19)(H2,14,15,16,17). The van der Waals surface area contributed by atoms with Gasteiger partial charge in [0.05, 0.1) is 13.4 Å². The second-order valence-electron chi connectivity index (χ2n) is 5.31. The third-order valence-electron chi connectivity index (χ3n) is 3.91. The van der Waals surface area contributed by atoms with Crippen molar-refractivity contribution in [2.45, 2.75) is 38.1 Å². The zero-order valence-electron chi connectivity index (χ0n) is 11.6. The van der Waals surface area contributed by atoms with E-state index in [4.69, 9.17) is 4.74 Å². The number of aromatic amines is 1. The van der Waals surface area contributed by atoms with Crippen LogP contribution in [-0.4, -0.2) is 33.7 Å². The molecule has 1 aliphatic rings. The number of carbonyl (C=O) groups is 1. The Balaban J connectivity index is 2.32. The summed E-state index contributed by atoms with van der Waals surface area (Å²) in [6.07, 6.45) is 3.88. The number of hydrogen-bond acceptors (Lipinski definition) is 5. The number of H-pyrrole nitrogens is 1. The largest absolute Gasteiger partial charge is 0.489 e. The second kappa shape index (κ2) is 5.52. The van der Waals surface area contributed by atoms with Crippen molar-refractivity contribution in [1.29, 1.82) is 0 Å². The van der Waals surface area contributed by atoms with Crippen molar-refractivity contribution in [1.82, 2.24) is 9.97 Å². The molecule has 0 atom stereocenters. The average Bonchev–Trinajstić information content (AvgIpc) is 2.41. The minimum Gasteiger partial charge on any atom is -0.489 e. The lowest BCUT2D eigenvalue weighted by atomic mass is 9.77. The Morgan fingerprint density at radius 3 is 2.75 bits per heavy atom. The number of ether oxygens (including phenoxy) is 1. The molecule has 0 radical (unpaired) electrons. The zero-order chi connectivity index (χ0) is 14.8. The molecule has 110 valence electrons. The van der Waals surface area contributed by atoms with Crippen LogP contribution in [0.2, 0.25) is 0 Å². The molecule has 3 N–H and O–H groups in total. The average molecular weight is 281 g/mol. The first kappa shape index (κ1) is 14.4. The summed E-state index contributed by atoms with van der Waals surface area (Å²) in [4.78, 5) is 29.7. The minimum atomic E-state index is -1.08. The van der Waals surface area contributed by atoms with Crippen LogP contribution in [0.5, 0.6) is 5.75 Å². The number of nitrogens with one attached hydrogen (secondary N) is 2. The van der Waals surface area contributed by atoms with Crippen LogP contribution in [0.1, 0.15) is 32.6 Å². The highest BCUT2D eigenvalue weighted by Gasteiger charge is 2.42. The van der Waals surface area contributed by atoms with E-state index in [0.29, 0.717) is 18.8 Å². The number of aliphatic carboxylic acids is 1. The van der Waals surface area contributed by atoms with Gasteiger partial charge in [-0.1, -0.05) is 6.92 Å². The van der Waals surface area contributed by atoms with Gasteiger partial charge < -0.3 is 20.1 Å². The first-order valence-electron chi connectivity index (χ1n) is 6.62. The fourth-order valence-corrected chi connectivity index (χ4v) is 2.54. The van der Waals surface area contributed by atoms with Gasteiger partial charge in [-0.05, 0) is 31.6 Å². The summed E-state index contributed by atoms with van der Waals surface area (Å²) in [6, 6.07) is 0. The van der Waals surface area contributed by atoms with E-state index < -0.39 is 17.1 Å². The summed E-state index contributed by atoms with van der Waals surface area (Å²) in [5.74, 6) is -0.230. The first-order valence-corrected chi connectivity index (χ1v) is 6.62. The van der Waals surface area contributed by atoms with Crippen LogP contribution in [0.15, 0.2) is 11.1 Å². The molecular formula is C13H19N3O4. The summed E-state index contributed by atoms with van der Waals surface area (Å²) in [5.41, 5.74) is -1.52. The number of aromatic nitrogens is 2. The number of methoxy groups -OCH3 is 1. The number of nitrogens with zero attached hydrogens (tertiary/aromatic N) is 1. The van der Waals surface area contributed by atoms with Crippen molar-refractivity contribution >= 4 is 11.8 Å². The van der Waals surface area contributed by atoms with E-state index in [1.54, 1.807) is 0 Å². The molecule has 1 heterocycles. The van der Waals surface area contributed by atoms with Gasteiger partial charge in [0.15, 0.2) is 5.82 Å². The highest BCUT2D eigenvalue weighted by Crippen LogP contribution is 2.35. The Hall–Kier alpha value is -2.05. The number of anilines is 1. The van der Waals surface area contributed by atoms with E-state index >= 15 is 0 Å². The van der Waals surface area contributed by atoms with E-state index in [2.05, 4.69) is 22.2 Å². The maximum Gasteiger partial charge on any atom is 0.329 e. The minimum absolute atomic E-state index is 0.00625. The van der Waals surface area contributed by atoms with Gasteiger partial charge in [-0.2, -0.15) is 0 Å². The van der Waals surface area contributed by atoms with Crippen molar-refractivity contribution in [2.75, 3.05) is 12.4 Å². The maximum absolute atomic E-state index is 11.7. The van der Waals surface area contributed by atoms with Crippen molar-refractivity contribution in [3.63, 3.8) is 0 Å². The van der Waals surface area contributed by atoms with E-state index in [-0.39, 0.29) is 11.6 Å². The molecule has 1 aromatic heterocycles. The normalized spacial score (nSPS) is 26.0. The Bertz CT molecular complexity index is 547. The third kappa shape index (κ3) is 2.61. The number of carboxylic acid groups (broad SMARTS) is 1. The van der Waals surface area contributed by atoms with Crippen molar-refractivity contribution in [3.8, 4) is 5.75 Å². The Labute approximate surface area is 116 Å². The molecule has 7 heteroatoms. The first-order chi connectivity index (χ1) is 9.48. The lowest BCUT2D eigenvalue weighted by Crippen LogP contribution is -2.49. The smallest absolute Gasteiger partial charge is 0.329 e. The molecule has 0 unspecified atom stereocenters. The van der Waals surface area contributed by atoms with Gasteiger partial charge in [0, 0.05) is 0 Å². The lowest BCUT2D eigenvalue weighted by Gasteiger charge is -2.36. The number of rotatable bonds is 4. The summed E-state index contributed by atoms with van der Waals surface area (Å²) in [7, 11) is 1.35. The van der Waals surface area contributed by atoms with Crippen LogP contribution < -0.4 is 15.6 Å². The monoisotopic (exact) mass is 281 g/mol. The predicted molar refractivity (Wildman–Crippen MR) is 73.0 cm³/mol. The molecular weight excluding hydrogens is 262 g/mol. The van der Waals surface area contributed by atoms with E-state index in [0.717, 1.165) is 12.8 Å². The van der Waals surface area contributed by atoms with Gasteiger partial charge in [-0.15, -0.1) is 0 Å². The summed E-state index contributed by atoms with van der Waals surface area (Å²) in [6.45, 7) is 2.11. The molecule has 2 rings (SSSR count). The van der Waals surface area contributed by atoms with Gasteiger partial charge in [0.1, 0.15) is 5.54 Å². The van der Waals surface area contributed by atoms with Gasteiger partial charge in [-0.25, -0.2) is 9.78 Å². The molecule has 1 saturated carbocycles. The topological polar surface area (TPSA) is 104 Å². The van der Waals surface area contributed by atoms with Crippen molar-refractivity contribution in [3.05, 3.63) is 16.7 Å². The van der Waals surface area contributed by atoms with Crippen LogP contribution in [0.25, 0.3) is 0 Å². The fraction of sp³-hybridized carbons (Fsp3) is 0.615. The Morgan fingerprint density at radius 1 is 1.55 bits per heavy atom. The second-order valence-corrected chi connectivity index (χ2v) is 5.31. The van der Waals surface area contributed by atoms with Gasteiger partial charge >= 0.3 is 5.97 Å². The zero-order valence-corrected chi connectivity index (χ0v) is 11.6. The van der Waals surface area contributed by atoms with Crippen LogP contribution in [0.4, 0.5) is 5.82 Å². The van der Waals surface area contributed by atoms with Crippen LogP contribution >= 0.6 is 0 Å². The third-order valence-corrected chi connectivity index (χ3v) is 3.91. The van der Waals surface area contributed by atoms with E-state index in [1.165, 1.54) is 13.4 Å². The van der Waals surface area contributed by atoms with Gasteiger partial charge in [-0.3, -0.25) is 4.79 Å². The predicted octanol–water partition coefficient (Wildman–Crippen LogP) is 1.22. The maximum atomic E-state index is 11.7. The highest BCUT2D eigenvalue weighted by atomic mass is 16.5. The summed E-state index contributed by atoms with van der Waals surface area (Å²) >= 11 is 0. The molecule has 1 fully saturated rings. The Kier molecular flexibility index (Phi) is 3.96. The highest BCUT2D eigenvalue weighted by molar-refractivity contribution is 5.83. The van der Waals surface area contributed by atoms with E-state index in [9.17, 15) is 14.7 Å². The SMILES string of the molecule is COc1c(NC2(C(=O)O)CCC(C)CC2)nc[nH]c1=O. The summed E-state index contributed by atoms with van der Waals surface area (Å²) in [5, 5.41) is 12.5. The van der Waals surface area contributed by atoms with E-state index in [1.807, 2.05) is 0 Å². The van der Waals surface area contributed by atoms with Crippen LogP contribution in [0.3, 0.4) is 0 Å². The molecule has 20 heavy (non-hydrogen) atoms. The molecule has 0 amide bonds. The lowest BCUT2D eigenvalue weighted by molar-refractivity contribution is -0.143. The molecule has 0 aromatic carbocycles. The fourth-order valence-electron chi connectivity index (χ4n) is 2.54. The summed E-state index contributed by atoms with van der Waals surface area (Å²) < 4.78 is 5.00. The molecule has 0 aliphatic heterocycles. The molecule has 0 spiro atoms. The van der Waals surface area contributed by atoms with Crippen molar-refractivity contribution in [2.24, 2.45) is 5.92 Å². The molecule has 1 aliphatic carbocycles. The van der Waals surface area contributed by atoms with Crippen molar-refractivity contribution < 1.29 is 14.6 Å². The molecule has 1 aromatic rings. The number of hydrogen-bond donors (Lipinski definition) is 3. The quantitative estimate of drug-likeness (QED) is 0.766. The van der Waals surface area contributed by atoms with Gasteiger partial charge in [0.25, 0.3) is 5.56 Å². The van der Waals surface area contributed by atoms with Crippen LogP contribution in [0, 0.1) is 5.92 Å². The molecule has 0 saturated heterocycles.